The van der Waals surface area contributed by atoms with Crippen molar-refractivity contribution in [3.05, 3.63) is 75.2 Å². The monoisotopic (exact) mass is 420 g/mol. The largest absolute Gasteiger partial charge is 0.482 e. The number of carbonyl (C=O) groups is 1. The van der Waals surface area contributed by atoms with Crippen LogP contribution in [0.15, 0.2) is 42.5 Å². The average Bonchev–Trinajstić information content (AvgIpc) is 3.06. The van der Waals surface area contributed by atoms with Crippen LogP contribution in [0, 0.1) is 16.8 Å². The van der Waals surface area contributed by atoms with E-state index >= 15 is 0 Å². The van der Waals surface area contributed by atoms with Crippen LogP contribution in [-0.2, 0) is 24.2 Å². The molecule has 0 aliphatic heterocycles. The summed E-state index contributed by atoms with van der Waals surface area (Å²) in [5, 5.41) is 8.27. The standard InChI is InChI=1S/C22H19F3O3S/c1-2-13-3-6-15(7-4-13)16-11-20(25)29-19(16)12-28-22-17(23)9-14(10-18(22)24)5-8-21(26)27/h3-4,6-7,9-11H,2,5,8,12H2,1H3,(H,26,27). The molecule has 0 amide bonds. The van der Waals surface area contributed by atoms with Crippen LogP contribution in [0.4, 0.5) is 13.2 Å². The van der Waals surface area contributed by atoms with Crippen molar-refractivity contribution >= 4 is 17.3 Å². The Bertz CT molecular complexity index is 990. The van der Waals surface area contributed by atoms with Crippen molar-refractivity contribution in [3.8, 4) is 16.9 Å². The zero-order chi connectivity index (χ0) is 21.0. The second-order valence-corrected chi connectivity index (χ2v) is 7.60. The first-order valence-electron chi connectivity index (χ1n) is 9.07. The molecule has 3 nitrogen and oxygen atoms in total. The highest BCUT2D eigenvalue weighted by molar-refractivity contribution is 7.10. The second kappa shape index (κ2) is 9.13. The number of aliphatic carboxylic acids is 1. The maximum absolute atomic E-state index is 14.3. The van der Waals surface area contributed by atoms with Crippen molar-refractivity contribution in [2.24, 2.45) is 0 Å². The molecule has 0 atom stereocenters. The summed E-state index contributed by atoms with van der Waals surface area (Å²) >= 11 is 0.863. The van der Waals surface area contributed by atoms with E-state index in [-0.39, 0.29) is 25.0 Å². The molecule has 2 aromatic carbocycles. The molecule has 29 heavy (non-hydrogen) atoms. The fourth-order valence-electron chi connectivity index (χ4n) is 2.95. The Morgan fingerprint density at radius 3 is 2.28 bits per heavy atom. The Labute approximate surface area is 170 Å². The van der Waals surface area contributed by atoms with E-state index in [1.165, 1.54) is 6.07 Å². The number of halogens is 3. The van der Waals surface area contributed by atoms with Gasteiger partial charge in [0.15, 0.2) is 22.5 Å². The van der Waals surface area contributed by atoms with Gasteiger partial charge in [0.2, 0.25) is 0 Å². The summed E-state index contributed by atoms with van der Waals surface area (Å²) in [6, 6.07) is 11.1. The lowest BCUT2D eigenvalue weighted by Crippen LogP contribution is -2.02. The third kappa shape index (κ3) is 5.17. The van der Waals surface area contributed by atoms with E-state index in [0.29, 0.717) is 10.4 Å². The Kier molecular flexibility index (Phi) is 6.59. The van der Waals surface area contributed by atoms with Crippen molar-refractivity contribution < 1.29 is 27.8 Å². The molecule has 0 aliphatic rings. The maximum Gasteiger partial charge on any atom is 0.303 e. The van der Waals surface area contributed by atoms with Crippen LogP contribution in [0.5, 0.6) is 5.75 Å². The van der Waals surface area contributed by atoms with Crippen LogP contribution in [0.25, 0.3) is 11.1 Å². The Hall–Kier alpha value is -2.80. The van der Waals surface area contributed by atoms with Crippen LogP contribution >= 0.6 is 11.3 Å². The SMILES string of the molecule is CCc1ccc(-c2cc(F)sc2COc2c(F)cc(CCC(=O)O)cc2F)cc1. The summed E-state index contributed by atoms with van der Waals surface area (Å²) < 4.78 is 47.7. The number of rotatable bonds is 8. The fraction of sp³-hybridized carbons (Fsp3) is 0.227. The lowest BCUT2D eigenvalue weighted by molar-refractivity contribution is -0.136. The Morgan fingerprint density at radius 1 is 1.03 bits per heavy atom. The number of carboxylic acids is 1. The van der Waals surface area contributed by atoms with Gasteiger partial charge in [-0.1, -0.05) is 31.2 Å². The minimum atomic E-state index is -1.05. The van der Waals surface area contributed by atoms with Gasteiger partial charge < -0.3 is 9.84 Å². The van der Waals surface area contributed by atoms with Gasteiger partial charge in [-0.25, -0.2) is 8.78 Å². The van der Waals surface area contributed by atoms with Crippen molar-refractivity contribution in [1.82, 2.24) is 0 Å². The molecule has 152 valence electrons. The molecule has 0 saturated heterocycles. The summed E-state index contributed by atoms with van der Waals surface area (Å²) in [5.41, 5.74) is 2.79. The smallest absolute Gasteiger partial charge is 0.303 e. The van der Waals surface area contributed by atoms with E-state index in [0.717, 1.165) is 41.0 Å². The quantitative estimate of drug-likeness (QED) is 0.487. The number of hydrogen-bond donors (Lipinski definition) is 1. The molecular weight excluding hydrogens is 401 g/mol. The van der Waals surface area contributed by atoms with Gasteiger partial charge in [0.05, 0.1) is 4.88 Å². The molecule has 0 spiro atoms. The molecule has 1 N–H and O–H groups in total. The van der Waals surface area contributed by atoms with Crippen molar-refractivity contribution in [2.75, 3.05) is 0 Å². The average molecular weight is 420 g/mol. The summed E-state index contributed by atoms with van der Waals surface area (Å²) in [7, 11) is 0. The molecule has 1 aromatic heterocycles. The highest BCUT2D eigenvalue weighted by Gasteiger charge is 2.17. The van der Waals surface area contributed by atoms with Crippen LogP contribution in [0.1, 0.15) is 29.3 Å². The van der Waals surface area contributed by atoms with Crippen molar-refractivity contribution in [2.45, 2.75) is 32.8 Å². The molecule has 0 fully saturated rings. The van der Waals surface area contributed by atoms with E-state index in [4.69, 9.17) is 9.84 Å². The maximum atomic E-state index is 14.3. The van der Waals surface area contributed by atoms with Gasteiger partial charge >= 0.3 is 5.97 Å². The van der Waals surface area contributed by atoms with E-state index in [1.54, 1.807) is 0 Å². The summed E-state index contributed by atoms with van der Waals surface area (Å²) in [6.45, 7) is 1.84. The molecule has 3 rings (SSSR count). The van der Waals surface area contributed by atoms with Gasteiger partial charge in [-0.3, -0.25) is 4.79 Å². The van der Waals surface area contributed by atoms with E-state index < -0.39 is 28.5 Å². The first-order valence-corrected chi connectivity index (χ1v) is 9.89. The summed E-state index contributed by atoms with van der Waals surface area (Å²) in [5.74, 6) is -3.46. The van der Waals surface area contributed by atoms with E-state index in [9.17, 15) is 18.0 Å². The number of ether oxygens (including phenoxy) is 1. The molecule has 0 saturated carbocycles. The van der Waals surface area contributed by atoms with Gasteiger partial charge in [0, 0.05) is 12.0 Å². The van der Waals surface area contributed by atoms with Gasteiger partial charge in [-0.15, -0.1) is 11.3 Å². The van der Waals surface area contributed by atoms with Gasteiger partial charge in [0.1, 0.15) is 6.61 Å². The third-order valence-corrected chi connectivity index (χ3v) is 5.38. The molecule has 0 radical (unpaired) electrons. The third-order valence-electron chi connectivity index (χ3n) is 4.49. The van der Waals surface area contributed by atoms with E-state index in [2.05, 4.69) is 0 Å². The normalized spacial score (nSPS) is 10.9. The predicted octanol–water partition coefficient (Wildman–Crippen LogP) is 5.99. The fourth-order valence-corrected chi connectivity index (χ4v) is 3.77. The minimum Gasteiger partial charge on any atom is -0.482 e. The predicted molar refractivity (Wildman–Crippen MR) is 106 cm³/mol. The lowest BCUT2D eigenvalue weighted by atomic mass is 10.0. The first-order chi connectivity index (χ1) is 13.9. The molecule has 7 heteroatoms. The number of thiophene rings is 1. The minimum absolute atomic E-state index is 0.0114. The Morgan fingerprint density at radius 2 is 1.69 bits per heavy atom. The first kappa shape index (κ1) is 20.9. The molecule has 3 aromatic rings. The van der Waals surface area contributed by atoms with Crippen LogP contribution in [0.3, 0.4) is 0 Å². The lowest BCUT2D eigenvalue weighted by Gasteiger charge is -2.11. The zero-order valence-electron chi connectivity index (χ0n) is 15.7. The van der Waals surface area contributed by atoms with Crippen molar-refractivity contribution in [3.63, 3.8) is 0 Å². The highest BCUT2D eigenvalue weighted by atomic mass is 32.1. The number of hydrogen-bond acceptors (Lipinski definition) is 3. The molecular formula is C22H19F3O3S. The van der Waals surface area contributed by atoms with Crippen LogP contribution in [0.2, 0.25) is 0 Å². The zero-order valence-corrected chi connectivity index (χ0v) is 16.5. The topological polar surface area (TPSA) is 46.5 Å². The summed E-state index contributed by atoms with van der Waals surface area (Å²) in [4.78, 5) is 11.1. The van der Waals surface area contributed by atoms with Gasteiger partial charge in [-0.05, 0) is 47.7 Å². The van der Waals surface area contributed by atoms with Crippen LogP contribution < -0.4 is 4.74 Å². The molecule has 0 aliphatic carbocycles. The molecule has 1 heterocycles. The second-order valence-electron chi connectivity index (χ2n) is 6.51. The highest BCUT2D eigenvalue weighted by Crippen LogP contribution is 2.33. The summed E-state index contributed by atoms with van der Waals surface area (Å²) in [6.07, 6.45) is 0.667. The molecule has 0 bridgehead atoms. The van der Waals surface area contributed by atoms with Gasteiger partial charge in [-0.2, -0.15) is 4.39 Å². The van der Waals surface area contributed by atoms with Crippen molar-refractivity contribution in [1.29, 1.82) is 0 Å². The van der Waals surface area contributed by atoms with Gasteiger partial charge in [0.25, 0.3) is 0 Å². The number of carboxylic acid groups (broad SMARTS) is 1. The number of aryl methyl sites for hydroxylation is 2. The van der Waals surface area contributed by atoms with Crippen LogP contribution in [-0.4, -0.2) is 11.1 Å². The number of benzene rings is 2. The van der Waals surface area contributed by atoms with E-state index in [1.807, 2.05) is 31.2 Å². The molecule has 0 unspecified atom stereocenters. The Balaban J connectivity index is 1.79.